The van der Waals surface area contributed by atoms with Gasteiger partial charge >= 0.3 is 0 Å². The molecule has 50 heavy (non-hydrogen) atoms. The maximum Gasteiger partial charge on any atom is 0.160 e. The first-order valence-electron chi connectivity index (χ1n) is 16.8. The minimum absolute atomic E-state index is 0.691. The number of fused-ring (bicyclic) bond motifs is 2. The van der Waals surface area contributed by atoms with Crippen LogP contribution in [0, 0.1) is 0 Å². The summed E-state index contributed by atoms with van der Waals surface area (Å²) in [7, 11) is 0. The van der Waals surface area contributed by atoms with E-state index in [1.165, 1.54) is 27.3 Å². The van der Waals surface area contributed by atoms with Crippen molar-refractivity contribution in [2.45, 2.75) is 0 Å². The lowest BCUT2D eigenvalue weighted by atomic mass is 9.98. The minimum Gasteiger partial charge on any atom is -0.263 e. The molecule has 2 heterocycles. The molecule has 0 bridgehead atoms. The number of aromatic nitrogens is 3. The molecular formula is C47H31N3. The summed E-state index contributed by atoms with van der Waals surface area (Å²) in [5, 5.41) is 4.79. The molecule has 0 aliphatic rings. The molecule has 0 radical (unpaired) electrons. The summed E-state index contributed by atoms with van der Waals surface area (Å²) < 4.78 is 0. The summed E-state index contributed by atoms with van der Waals surface area (Å²) in [6.45, 7) is 0. The van der Waals surface area contributed by atoms with Gasteiger partial charge in [0.2, 0.25) is 0 Å². The molecule has 9 aromatic rings. The summed E-state index contributed by atoms with van der Waals surface area (Å²) >= 11 is 0. The van der Waals surface area contributed by atoms with Crippen LogP contribution in [0.15, 0.2) is 188 Å². The third-order valence-corrected chi connectivity index (χ3v) is 9.38. The number of nitrogens with zero attached hydrogens (tertiary/aromatic N) is 3. The summed E-state index contributed by atoms with van der Waals surface area (Å²) in [6.07, 6.45) is 3.86. The van der Waals surface area contributed by atoms with Crippen molar-refractivity contribution in [1.29, 1.82) is 0 Å². The Kier molecular flexibility index (Phi) is 7.49. The van der Waals surface area contributed by atoms with Crippen molar-refractivity contribution in [2.24, 2.45) is 0 Å². The van der Waals surface area contributed by atoms with Gasteiger partial charge in [0, 0.05) is 40.0 Å². The quantitative estimate of drug-likeness (QED) is 0.182. The Balaban J connectivity index is 1.13. The Bertz CT molecular complexity index is 2620. The Morgan fingerprint density at radius 1 is 0.300 bits per heavy atom. The molecule has 0 saturated heterocycles. The number of benzene rings is 7. The zero-order valence-corrected chi connectivity index (χ0v) is 27.2. The van der Waals surface area contributed by atoms with E-state index in [1.54, 1.807) is 0 Å². The summed E-state index contributed by atoms with van der Waals surface area (Å²) in [6, 6.07) is 61.8. The molecule has 0 spiro atoms. The van der Waals surface area contributed by atoms with Crippen LogP contribution in [0.5, 0.6) is 0 Å². The van der Waals surface area contributed by atoms with Gasteiger partial charge in [-0.05, 0) is 62.2 Å². The van der Waals surface area contributed by atoms with Crippen molar-refractivity contribution in [1.82, 2.24) is 15.0 Å². The third-order valence-electron chi connectivity index (χ3n) is 9.38. The van der Waals surface area contributed by atoms with Crippen molar-refractivity contribution < 1.29 is 0 Å². The average molecular weight is 638 g/mol. The Labute approximate surface area is 291 Å². The SMILES string of the molecule is c1ccc(-c2cccc(-c3nc(-c4ccc(-c5ccc6ccccc6c5)cc4)cc(-c4ccc(-c5cncc6ccccc56)cc4)n3)c2)cc1. The van der Waals surface area contributed by atoms with Gasteiger partial charge in [0.25, 0.3) is 0 Å². The van der Waals surface area contributed by atoms with Gasteiger partial charge in [0.1, 0.15) is 0 Å². The van der Waals surface area contributed by atoms with Crippen LogP contribution in [0.2, 0.25) is 0 Å². The molecule has 3 nitrogen and oxygen atoms in total. The van der Waals surface area contributed by atoms with Gasteiger partial charge in [-0.3, -0.25) is 4.98 Å². The molecule has 0 N–H and O–H groups in total. The maximum atomic E-state index is 5.16. The van der Waals surface area contributed by atoms with Crippen LogP contribution in [0.25, 0.3) is 88.8 Å². The summed E-state index contributed by atoms with van der Waals surface area (Å²) in [5.74, 6) is 0.691. The highest BCUT2D eigenvalue weighted by Gasteiger charge is 2.13. The monoisotopic (exact) mass is 637 g/mol. The van der Waals surface area contributed by atoms with Crippen molar-refractivity contribution in [3.63, 3.8) is 0 Å². The van der Waals surface area contributed by atoms with Gasteiger partial charge in [-0.2, -0.15) is 0 Å². The highest BCUT2D eigenvalue weighted by Crippen LogP contribution is 2.34. The number of pyridine rings is 1. The van der Waals surface area contributed by atoms with Crippen LogP contribution >= 0.6 is 0 Å². The summed E-state index contributed by atoms with van der Waals surface area (Å²) in [4.78, 5) is 14.8. The van der Waals surface area contributed by atoms with Crippen LogP contribution in [0.3, 0.4) is 0 Å². The van der Waals surface area contributed by atoms with E-state index in [-0.39, 0.29) is 0 Å². The molecule has 3 heteroatoms. The lowest BCUT2D eigenvalue weighted by Gasteiger charge is -2.12. The van der Waals surface area contributed by atoms with E-state index in [0.717, 1.165) is 55.7 Å². The highest BCUT2D eigenvalue weighted by molar-refractivity contribution is 5.96. The largest absolute Gasteiger partial charge is 0.263 e. The Morgan fingerprint density at radius 2 is 0.840 bits per heavy atom. The normalized spacial score (nSPS) is 11.2. The minimum atomic E-state index is 0.691. The van der Waals surface area contributed by atoms with Gasteiger partial charge in [-0.25, -0.2) is 9.97 Å². The second-order valence-corrected chi connectivity index (χ2v) is 12.5. The molecule has 2 aromatic heterocycles. The first-order valence-corrected chi connectivity index (χ1v) is 16.8. The van der Waals surface area contributed by atoms with Crippen LogP contribution in [-0.2, 0) is 0 Å². The summed E-state index contributed by atoms with van der Waals surface area (Å²) in [5.41, 5.74) is 11.7. The van der Waals surface area contributed by atoms with Crippen molar-refractivity contribution in [3.8, 4) is 67.3 Å². The van der Waals surface area contributed by atoms with Gasteiger partial charge in [0.05, 0.1) is 11.4 Å². The molecule has 7 aromatic carbocycles. The van der Waals surface area contributed by atoms with Crippen molar-refractivity contribution >= 4 is 21.5 Å². The van der Waals surface area contributed by atoms with E-state index in [0.29, 0.717) is 5.82 Å². The molecule has 0 aliphatic heterocycles. The second-order valence-electron chi connectivity index (χ2n) is 12.5. The van der Waals surface area contributed by atoms with Crippen LogP contribution in [0.4, 0.5) is 0 Å². The number of hydrogen-bond donors (Lipinski definition) is 0. The highest BCUT2D eigenvalue weighted by atomic mass is 14.9. The molecule has 9 rings (SSSR count). The van der Waals surface area contributed by atoms with Crippen LogP contribution < -0.4 is 0 Å². The van der Waals surface area contributed by atoms with Crippen molar-refractivity contribution in [3.05, 3.63) is 188 Å². The smallest absolute Gasteiger partial charge is 0.160 e. The molecule has 0 saturated carbocycles. The van der Waals surface area contributed by atoms with E-state index in [9.17, 15) is 0 Å². The average Bonchev–Trinajstić information content (AvgIpc) is 3.21. The van der Waals surface area contributed by atoms with Crippen LogP contribution in [0.1, 0.15) is 0 Å². The zero-order chi connectivity index (χ0) is 33.3. The molecule has 0 fully saturated rings. The molecule has 0 aliphatic carbocycles. The van der Waals surface area contributed by atoms with E-state index < -0.39 is 0 Å². The zero-order valence-electron chi connectivity index (χ0n) is 27.2. The van der Waals surface area contributed by atoms with Crippen LogP contribution in [-0.4, -0.2) is 15.0 Å². The Morgan fingerprint density at radius 3 is 1.60 bits per heavy atom. The molecular weight excluding hydrogens is 607 g/mol. The second kappa shape index (κ2) is 12.7. The fraction of sp³-hybridized carbons (Fsp3) is 0. The van der Waals surface area contributed by atoms with E-state index in [2.05, 4.69) is 169 Å². The first kappa shape index (κ1) is 29.4. The molecule has 0 atom stereocenters. The number of hydrogen-bond acceptors (Lipinski definition) is 3. The van der Waals surface area contributed by atoms with Gasteiger partial charge in [0.15, 0.2) is 5.82 Å². The predicted octanol–water partition coefficient (Wildman–Crippen LogP) is 12.2. The standard InChI is InChI=1S/C47H31N3/c1-2-9-32(10-3-1)39-14-8-15-41(28-39)47-49-45(36-22-17-34(18-23-36)40-26-19-33-11-4-5-12-38(33)27-40)29-46(50-47)37-24-20-35(21-25-37)44-31-48-30-42-13-6-7-16-43(42)44/h1-31H. The van der Waals surface area contributed by atoms with Crippen molar-refractivity contribution in [2.75, 3.05) is 0 Å². The number of rotatable bonds is 6. The fourth-order valence-corrected chi connectivity index (χ4v) is 6.71. The maximum absolute atomic E-state index is 5.16. The topological polar surface area (TPSA) is 38.7 Å². The lowest BCUT2D eigenvalue weighted by molar-refractivity contribution is 1.18. The molecule has 0 unspecified atom stereocenters. The van der Waals surface area contributed by atoms with Gasteiger partial charge < -0.3 is 0 Å². The third kappa shape index (κ3) is 5.72. The lowest BCUT2D eigenvalue weighted by Crippen LogP contribution is -1.96. The van der Waals surface area contributed by atoms with E-state index >= 15 is 0 Å². The molecule has 234 valence electrons. The van der Waals surface area contributed by atoms with E-state index in [4.69, 9.17) is 9.97 Å². The first-order chi connectivity index (χ1) is 24.7. The molecule has 0 amide bonds. The predicted molar refractivity (Wildman–Crippen MR) is 207 cm³/mol. The van der Waals surface area contributed by atoms with Gasteiger partial charge in [-0.15, -0.1) is 0 Å². The van der Waals surface area contributed by atoms with Gasteiger partial charge in [-0.1, -0.05) is 158 Å². The Hall–Kier alpha value is -6.71. The fourth-order valence-electron chi connectivity index (χ4n) is 6.71. The van der Waals surface area contributed by atoms with E-state index in [1.807, 2.05) is 24.5 Å².